The molecule has 3 nitrogen and oxygen atoms in total. The van der Waals surface area contributed by atoms with Crippen molar-refractivity contribution in [2.45, 2.75) is 27.2 Å². The molecule has 3 heteroatoms. The van der Waals surface area contributed by atoms with E-state index in [2.05, 4.69) is 6.92 Å². The molecule has 1 saturated heterocycles. The molecule has 0 saturated carbocycles. The van der Waals surface area contributed by atoms with Crippen LogP contribution < -0.4 is 5.73 Å². The molecule has 1 rings (SSSR count). The Morgan fingerprint density at radius 2 is 2.08 bits per heavy atom. The summed E-state index contributed by atoms with van der Waals surface area (Å²) < 4.78 is 5.06. The molecule has 1 amide bonds. The SMILES string of the molecule is CC(C)C(N)=O.CC1CCOC1. The van der Waals surface area contributed by atoms with Crippen LogP contribution in [0.25, 0.3) is 0 Å². The molecule has 1 unspecified atom stereocenters. The van der Waals surface area contributed by atoms with E-state index in [-0.39, 0.29) is 11.8 Å². The molecule has 0 spiro atoms. The highest BCUT2D eigenvalue weighted by molar-refractivity contribution is 5.75. The van der Waals surface area contributed by atoms with Crippen molar-refractivity contribution in [3.63, 3.8) is 0 Å². The van der Waals surface area contributed by atoms with Crippen LogP contribution in [0.3, 0.4) is 0 Å². The molecule has 1 atom stereocenters. The fraction of sp³-hybridized carbons (Fsp3) is 0.889. The Kier molecular flexibility index (Phi) is 5.72. The van der Waals surface area contributed by atoms with E-state index >= 15 is 0 Å². The van der Waals surface area contributed by atoms with Crippen LogP contribution >= 0.6 is 0 Å². The molecule has 0 aromatic heterocycles. The van der Waals surface area contributed by atoms with E-state index in [0.717, 1.165) is 19.1 Å². The molecule has 1 aliphatic heterocycles. The summed E-state index contributed by atoms with van der Waals surface area (Å²) in [4.78, 5) is 9.92. The number of carbonyl (C=O) groups excluding carboxylic acids is 1. The molecule has 12 heavy (non-hydrogen) atoms. The fourth-order valence-electron chi connectivity index (χ4n) is 0.652. The Bertz CT molecular complexity index is 128. The van der Waals surface area contributed by atoms with Gasteiger partial charge in [0.2, 0.25) is 5.91 Å². The van der Waals surface area contributed by atoms with E-state index in [1.165, 1.54) is 6.42 Å². The highest BCUT2D eigenvalue weighted by atomic mass is 16.5. The van der Waals surface area contributed by atoms with Crippen LogP contribution in [0.1, 0.15) is 27.2 Å². The topological polar surface area (TPSA) is 52.3 Å². The first-order valence-corrected chi connectivity index (χ1v) is 4.41. The van der Waals surface area contributed by atoms with Gasteiger partial charge in [-0.2, -0.15) is 0 Å². The third-order valence-corrected chi connectivity index (χ3v) is 1.73. The summed E-state index contributed by atoms with van der Waals surface area (Å²) in [5.74, 6) is 0.574. The normalized spacial score (nSPS) is 21.8. The maximum atomic E-state index is 9.92. The molecule has 1 fully saturated rings. The van der Waals surface area contributed by atoms with Gasteiger partial charge in [0.1, 0.15) is 0 Å². The largest absolute Gasteiger partial charge is 0.381 e. The lowest BCUT2D eigenvalue weighted by Gasteiger charge is -1.90. The lowest BCUT2D eigenvalue weighted by atomic mass is 10.2. The highest BCUT2D eigenvalue weighted by Crippen LogP contribution is 2.09. The second kappa shape index (κ2) is 6.00. The summed E-state index contributed by atoms with van der Waals surface area (Å²) in [6, 6.07) is 0. The molecule has 0 aliphatic carbocycles. The number of hydrogen-bond donors (Lipinski definition) is 1. The van der Waals surface area contributed by atoms with Crippen molar-refractivity contribution < 1.29 is 9.53 Å². The molecule has 1 heterocycles. The van der Waals surface area contributed by atoms with Gasteiger partial charge in [0.25, 0.3) is 0 Å². The van der Waals surface area contributed by atoms with Crippen molar-refractivity contribution in [2.75, 3.05) is 13.2 Å². The minimum Gasteiger partial charge on any atom is -0.381 e. The van der Waals surface area contributed by atoms with Gasteiger partial charge in [-0.1, -0.05) is 20.8 Å². The second-order valence-electron chi connectivity index (χ2n) is 3.53. The van der Waals surface area contributed by atoms with Crippen molar-refractivity contribution in [1.29, 1.82) is 0 Å². The number of nitrogens with two attached hydrogens (primary N) is 1. The molecule has 72 valence electrons. The number of amides is 1. The predicted molar refractivity (Wildman–Crippen MR) is 48.6 cm³/mol. The molecule has 0 aromatic carbocycles. The Morgan fingerprint density at radius 1 is 1.58 bits per heavy atom. The number of ether oxygens (including phenoxy) is 1. The van der Waals surface area contributed by atoms with Crippen molar-refractivity contribution in [1.82, 2.24) is 0 Å². The zero-order valence-corrected chi connectivity index (χ0v) is 8.17. The van der Waals surface area contributed by atoms with Crippen LogP contribution in [0.4, 0.5) is 0 Å². The van der Waals surface area contributed by atoms with Gasteiger partial charge < -0.3 is 10.5 Å². The third-order valence-electron chi connectivity index (χ3n) is 1.73. The van der Waals surface area contributed by atoms with Gasteiger partial charge in [-0.15, -0.1) is 0 Å². The number of hydrogen-bond acceptors (Lipinski definition) is 2. The number of rotatable bonds is 1. The van der Waals surface area contributed by atoms with E-state index in [1.54, 1.807) is 13.8 Å². The monoisotopic (exact) mass is 173 g/mol. The lowest BCUT2D eigenvalue weighted by molar-refractivity contribution is -0.120. The van der Waals surface area contributed by atoms with Gasteiger partial charge in [0.15, 0.2) is 0 Å². The summed E-state index contributed by atoms with van der Waals surface area (Å²) in [6.45, 7) is 7.72. The smallest absolute Gasteiger partial charge is 0.219 e. The molecular formula is C9H19NO2. The zero-order chi connectivity index (χ0) is 9.56. The number of carbonyl (C=O) groups is 1. The summed E-state index contributed by atoms with van der Waals surface area (Å²) in [7, 11) is 0. The summed E-state index contributed by atoms with van der Waals surface area (Å²) in [6.07, 6.45) is 1.26. The van der Waals surface area contributed by atoms with Gasteiger partial charge in [-0.05, 0) is 12.3 Å². The molecular weight excluding hydrogens is 154 g/mol. The average molecular weight is 173 g/mol. The Morgan fingerprint density at radius 3 is 2.17 bits per heavy atom. The van der Waals surface area contributed by atoms with Crippen molar-refractivity contribution >= 4 is 5.91 Å². The summed E-state index contributed by atoms with van der Waals surface area (Å²) in [5.41, 5.74) is 4.80. The van der Waals surface area contributed by atoms with Crippen LogP contribution in [0, 0.1) is 11.8 Å². The summed E-state index contributed by atoms with van der Waals surface area (Å²) in [5, 5.41) is 0. The van der Waals surface area contributed by atoms with Crippen LogP contribution in [-0.2, 0) is 9.53 Å². The van der Waals surface area contributed by atoms with E-state index in [9.17, 15) is 4.79 Å². The van der Waals surface area contributed by atoms with Crippen LogP contribution in [0.2, 0.25) is 0 Å². The third kappa shape index (κ3) is 6.16. The molecule has 0 radical (unpaired) electrons. The van der Waals surface area contributed by atoms with Crippen LogP contribution in [0.15, 0.2) is 0 Å². The standard InChI is InChI=1S/C5H10O.C4H9NO/c1-5-2-3-6-4-5;1-3(2)4(5)6/h5H,2-4H2,1H3;3H,1-2H3,(H2,5,6). The Hall–Kier alpha value is -0.570. The van der Waals surface area contributed by atoms with Crippen LogP contribution in [-0.4, -0.2) is 19.1 Å². The molecule has 0 aromatic rings. The number of primary amides is 1. The summed E-state index contributed by atoms with van der Waals surface area (Å²) >= 11 is 0. The van der Waals surface area contributed by atoms with Gasteiger partial charge in [0.05, 0.1) is 0 Å². The van der Waals surface area contributed by atoms with Crippen LogP contribution in [0.5, 0.6) is 0 Å². The van der Waals surface area contributed by atoms with Gasteiger partial charge in [-0.25, -0.2) is 0 Å². The predicted octanol–water partition coefficient (Wildman–Crippen LogP) is 1.17. The second-order valence-corrected chi connectivity index (χ2v) is 3.53. The van der Waals surface area contributed by atoms with Gasteiger partial charge >= 0.3 is 0 Å². The van der Waals surface area contributed by atoms with E-state index in [4.69, 9.17) is 10.5 Å². The maximum absolute atomic E-state index is 9.92. The first-order valence-electron chi connectivity index (χ1n) is 4.41. The van der Waals surface area contributed by atoms with E-state index < -0.39 is 0 Å². The van der Waals surface area contributed by atoms with Gasteiger partial charge in [0, 0.05) is 19.1 Å². The van der Waals surface area contributed by atoms with E-state index in [1.807, 2.05) is 0 Å². The molecule has 1 aliphatic rings. The first kappa shape index (κ1) is 11.4. The van der Waals surface area contributed by atoms with Crippen molar-refractivity contribution in [3.05, 3.63) is 0 Å². The zero-order valence-electron chi connectivity index (χ0n) is 8.17. The fourth-order valence-corrected chi connectivity index (χ4v) is 0.652. The lowest BCUT2D eigenvalue weighted by Crippen LogP contribution is -2.17. The van der Waals surface area contributed by atoms with Crippen molar-refractivity contribution in [3.8, 4) is 0 Å². The van der Waals surface area contributed by atoms with E-state index in [0.29, 0.717) is 0 Å². The maximum Gasteiger partial charge on any atom is 0.219 e. The first-order chi connectivity index (χ1) is 5.54. The average Bonchev–Trinajstić information content (AvgIpc) is 2.40. The molecule has 0 bridgehead atoms. The highest BCUT2D eigenvalue weighted by Gasteiger charge is 2.07. The quantitative estimate of drug-likeness (QED) is 0.647. The minimum absolute atomic E-state index is 0.00926. The Balaban J connectivity index is 0.000000202. The Labute approximate surface area is 74.3 Å². The molecule has 2 N–H and O–H groups in total. The van der Waals surface area contributed by atoms with Gasteiger partial charge in [-0.3, -0.25) is 4.79 Å². The minimum atomic E-state index is -0.241. The van der Waals surface area contributed by atoms with Crippen molar-refractivity contribution in [2.24, 2.45) is 17.6 Å².